The fourth-order valence-electron chi connectivity index (χ4n) is 1.32. The van der Waals surface area contributed by atoms with E-state index >= 15 is 0 Å². The lowest BCUT2D eigenvalue weighted by Crippen LogP contribution is -1.87. The van der Waals surface area contributed by atoms with Gasteiger partial charge in [-0.2, -0.15) is 0 Å². The van der Waals surface area contributed by atoms with Crippen LogP contribution >= 0.6 is 23.4 Å². The van der Waals surface area contributed by atoms with Crippen molar-refractivity contribution in [3.8, 4) is 0 Å². The monoisotopic (exact) mass is 250 g/mol. The highest BCUT2D eigenvalue weighted by Gasteiger charge is 2.02. The standard InChI is InChI=1S/C12H11ClN2S/c1-8-6-10(14)3-4-11(8)16-12-5-2-9(13)7-15-12/h2-7H,14H2,1H3. The van der Waals surface area contributed by atoms with Crippen LogP contribution in [0.2, 0.25) is 5.02 Å². The molecule has 0 spiro atoms. The van der Waals surface area contributed by atoms with Gasteiger partial charge < -0.3 is 5.73 Å². The summed E-state index contributed by atoms with van der Waals surface area (Å²) in [6.07, 6.45) is 1.65. The first-order valence-electron chi connectivity index (χ1n) is 4.81. The normalized spacial score (nSPS) is 10.4. The molecule has 1 aromatic carbocycles. The second kappa shape index (κ2) is 4.76. The lowest BCUT2D eigenvalue weighted by atomic mass is 10.2. The molecule has 1 aromatic heterocycles. The Kier molecular flexibility index (Phi) is 3.36. The number of nitrogens with two attached hydrogens (primary N) is 1. The van der Waals surface area contributed by atoms with Crippen molar-refractivity contribution in [3.05, 3.63) is 47.1 Å². The van der Waals surface area contributed by atoms with Crippen LogP contribution in [0.25, 0.3) is 0 Å². The van der Waals surface area contributed by atoms with E-state index < -0.39 is 0 Å². The zero-order valence-electron chi connectivity index (χ0n) is 8.77. The minimum atomic E-state index is 0.651. The molecule has 1 heterocycles. The molecular formula is C12H11ClN2S. The van der Waals surface area contributed by atoms with Crippen molar-refractivity contribution in [3.63, 3.8) is 0 Å². The molecule has 0 aliphatic rings. The third kappa shape index (κ3) is 2.68. The number of nitrogen functional groups attached to an aromatic ring is 1. The molecule has 0 atom stereocenters. The molecule has 0 amide bonds. The van der Waals surface area contributed by atoms with Gasteiger partial charge in [0.05, 0.1) is 5.02 Å². The molecule has 82 valence electrons. The van der Waals surface area contributed by atoms with Crippen molar-refractivity contribution in [2.75, 3.05) is 5.73 Å². The Balaban J connectivity index is 2.23. The van der Waals surface area contributed by atoms with Gasteiger partial charge in [0, 0.05) is 16.8 Å². The summed E-state index contributed by atoms with van der Waals surface area (Å²) in [6.45, 7) is 2.04. The van der Waals surface area contributed by atoms with Crippen LogP contribution in [-0.2, 0) is 0 Å². The van der Waals surface area contributed by atoms with E-state index in [1.54, 1.807) is 18.0 Å². The predicted molar refractivity (Wildman–Crippen MR) is 69.0 cm³/mol. The van der Waals surface area contributed by atoms with E-state index in [0.717, 1.165) is 21.2 Å². The van der Waals surface area contributed by atoms with Gasteiger partial charge in [-0.1, -0.05) is 23.4 Å². The minimum Gasteiger partial charge on any atom is -0.399 e. The first kappa shape index (κ1) is 11.3. The van der Waals surface area contributed by atoms with Gasteiger partial charge in [0.1, 0.15) is 5.03 Å². The van der Waals surface area contributed by atoms with Gasteiger partial charge in [-0.3, -0.25) is 0 Å². The lowest BCUT2D eigenvalue weighted by molar-refractivity contribution is 1.13. The third-order valence-corrected chi connectivity index (χ3v) is 3.47. The predicted octanol–water partition coefficient (Wildman–Crippen LogP) is 3.78. The van der Waals surface area contributed by atoms with E-state index in [1.807, 2.05) is 37.3 Å². The quantitative estimate of drug-likeness (QED) is 0.825. The van der Waals surface area contributed by atoms with Gasteiger partial charge in [0.2, 0.25) is 0 Å². The largest absolute Gasteiger partial charge is 0.399 e. The maximum atomic E-state index is 5.78. The van der Waals surface area contributed by atoms with Gasteiger partial charge in [-0.15, -0.1) is 0 Å². The van der Waals surface area contributed by atoms with Crippen LogP contribution in [0.3, 0.4) is 0 Å². The van der Waals surface area contributed by atoms with Gasteiger partial charge in [-0.05, 0) is 42.8 Å². The summed E-state index contributed by atoms with van der Waals surface area (Å²) in [4.78, 5) is 5.39. The lowest BCUT2D eigenvalue weighted by Gasteiger charge is -2.05. The van der Waals surface area contributed by atoms with Crippen molar-refractivity contribution in [1.82, 2.24) is 4.98 Å². The topological polar surface area (TPSA) is 38.9 Å². The number of benzene rings is 1. The number of hydrogen-bond acceptors (Lipinski definition) is 3. The first-order valence-corrected chi connectivity index (χ1v) is 6.00. The minimum absolute atomic E-state index is 0.651. The van der Waals surface area contributed by atoms with E-state index in [2.05, 4.69) is 4.98 Å². The SMILES string of the molecule is Cc1cc(N)ccc1Sc1ccc(Cl)cn1. The average Bonchev–Trinajstić information content (AvgIpc) is 2.25. The van der Waals surface area contributed by atoms with E-state index in [0.29, 0.717) is 5.02 Å². The molecule has 0 fully saturated rings. The Labute approximate surface area is 104 Å². The Hall–Kier alpha value is -1.19. The maximum Gasteiger partial charge on any atom is 0.101 e. The summed E-state index contributed by atoms with van der Waals surface area (Å²) in [6, 6.07) is 9.60. The summed E-state index contributed by atoms with van der Waals surface area (Å²) in [7, 11) is 0. The van der Waals surface area contributed by atoms with Crippen molar-refractivity contribution >= 4 is 29.1 Å². The summed E-state index contributed by atoms with van der Waals surface area (Å²) < 4.78 is 0. The highest BCUT2D eigenvalue weighted by Crippen LogP contribution is 2.30. The van der Waals surface area contributed by atoms with Crippen molar-refractivity contribution in [2.24, 2.45) is 0 Å². The van der Waals surface area contributed by atoms with Gasteiger partial charge in [-0.25, -0.2) is 4.98 Å². The number of rotatable bonds is 2. The average molecular weight is 251 g/mol. The first-order chi connectivity index (χ1) is 7.65. The molecule has 4 heteroatoms. The molecule has 0 saturated carbocycles. The van der Waals surface area contributed by atoms with Crippen molar-refractivity contribution < 1.29 is 0 Å². The van der Waals surface area contributed by atoms with Crippen molar-refractivity contribution in [1.29, 1.82) is 0 Å². The smallest absolute Gasteiger partial charge is 0.101 e. The van der Waals surface area contributed by atoms with Crippen LogP contribution in [0.1, 0.15) is 5.56 Å². The Bertz CT molecular complexity index is 497. The molecule has 0 aliphatic carbocycles. The molecule has 2 aromatic rings. The Morgan fingerprint density at radius 1 is 1.25 bits per heavy atom. The molecule has 0 bridgehead atoms. The fourth-order valence-corrected chi connectivity index (χ4v) is 2.26. The van der Waals surface area contributed by atoms with Crippen LogP contribution in [0.4, 0.5) is 5.69 Å². The zero-order chi connectivity index (χ0) is 11.5. The van der Waals surface area contributed by atoms with Gasteiger partial charge in [0.15, 0.2) is 0 Å². The van der Waals surface area contributed by atoms with Gasteiger partial charge in [0.25, 0.3) is 0 Å². The van der Waals surface area contributed by atoms with Crippen LogP contribution in [0.15, 0.2) is 46.5 Å². The molecule has 2 rings (SSSR count). The zero-order valence-corrected chi connectivity index (χ0v) is 10.3. The van der Waals surface area contributed by atoms with E-state index in [4.69, 9.17) is 17.3 Å². The number of anilines is 1. The summed E-state index contributed by atoms with van der Waals surface area (Å²) in [5, 5.41) is 1.58. The van der Waals surface area contributed by atoms with E-state index in [-0.39, 0.29) is 0 Å². The number of pyridine rings is 1. The Morgan fingerprint density at radius 2 is 2.06 bits per heavy atom. The van der Waals surface area contributed by atoms with Crippen LogP contribution < -0.4 is 5.73 Å². The van der Waals surface area contributed by atoms with Gasteiger partial charge >= 0.3 is 0 Å². The molecule has 0 radical (unpaired) electrons. The molecule has 2 N–H and O–H groups in total. The second-order valence-corrected chi connectivity index (χ2v) is 4.94. The number of nitrogens with zero attached hydrogens (tertiary/aromatic N) is 1. The highest BCUT2D eigenvalue weighted by atomic mass is 35.5. The Morgan fingerprint density at radius 3 is 2.69 bits per heavy atom. The van der Waals surface area contributed by atoms with E-state index in [1.165, 1.54) is 0 Å². The number of aromatic nitrogens is 1. The summed E-state index contributed by atoms with van der Waals surface area (Å²) in [5.41, 5.74) is 7.64. The molecule has 0 saturated heterocycles. The summed E-state index contributed by atoms with van der Waals surface area (Å²) in [5.74, 6) is 0. The number of aryl methyl sites for hydroxylation is 1. The molecule has 0 unspecified atom stereocenters. The van der Waals surface area contributed by atoms with E-state index in [9.17, 15) is 0 Å². The highest BCUT2D eigenvalue weighted by molar-refractivity contribution is 7.99. The number of halogens is 1. The molecule has 0 aliphatic heterocycles. The third-order valence-electron chi connectivity index (χ3n) is 2.11. The van der Waals surface area contributed by atoms with Crippen molar-refractivity contribution in [2.45, 2.75) is 16.8 Å². The van der Waals surface area contributed by atoms with Crippen LogP contribution in [-0.4, -0.2) is 4.98 Å². The fraction of sp³-hybridized carbons (Fsp3) is 0.0833. The molecule has 2 nitrogen and oxygen atoms in total. The number of hydrogen-bond donors (Lipinski definition) is 1. The second-order valence-electron chi connectivity index (χ2n) is 3.44. The van der Waals surface area contributed by atoms with Crippen LogP contribution in [0, 0.1) is 6.92 Å². The maximum absolute atomic E-state index is 5.78. The molecule has 16 heavy (non-hydrogen) atoms. The summed E-state index contributed by atoms with van der Waals surface area (Å²) >= 11 is 7.38. The van der Waals surface area contributed by atoms with Crippen LogP contribution in [0.5, 0.6) is 0 Å². The molecular weight excluding hydrogens is 240 g/mol.